The van der Waals surface area contributed by atoms with Gasteiger partial charge in [0.25, 0.3) is 5.78 Å². The molecule has 0 bridgehead atoms. The first-order valence-electron chi connectivity index (χ1n) is 14.9. The molecule has 1 atom stereocenters. The third-order valence-electron chi connectivity index (χ3n) is 7.69. The minimum absolute atomic E-state index is 0.0172. The number of methoxy groups -OCH3 is 1. The lowest BCUT2D eigenvalue weighted by atomic mass is 9.93. The molecule has 1 aromatic heterocycles. The summed E-state index contributed by atoms with van der Waals surface area (Å²) in [4.78, 5) is 28.8. The summed E-state index contributed by atoms with van der Waals surface area (Å²) in [6, 6.07) is 18.3. The van der Waals surface area contributed by atoms with Crippen molar-refractivity contribution in [2.24, 2.45) is 0 Å². The number of aliphatic hydroxyl groups excluding tert-OH is 1. The average molecular weight is 644 g/mol. The van der Waals surface area contributed by atoms with E-state index in [2.05, 4.69) is 41.4 Å². The first kappa shape index (κ1) is 32.2. The Balaban J connectivity index is 1.56. The summed E-state index contributed by atoms with van der Waals surface area (Å²) >= 11 is 2.74. The number of benzene rings is 3. The first-order chi connectivity index (χ1) is 21.7. The number of Topliss-reactive ketones (excluding diaryl/α,β-unsaturated/α-hetero) is 1. The molecule has 1 N–H and O–H groups in total. The lowest BCUT2D eigenvalue weighted by Gasteiger charge is -2.23. The van der Waals surface area contributed by atoms with Gasteiger partial charge in [0.05, 0.1) is 25.3 Å². The summed E-state index contributed by atoms with van der Waals surface area (Å²) in [5.74, 6) is -0.0964. The van der Waals surface area contributed by atoms with Gasteiger partial charge in [0.15, 0.2) is 15.8 Å². The Kier molecular flexibility index (Phi) is 10.2. The molecular weight excluding hydrogens is 607 g/mol. The van der Waals surface area contributed by atoms with Gasteiger partial charge in [-0.05, 0) is 62.1 Å². The monoisotopic (exact) mass is 643 g/mol. The smallest absolute Gasteiger partial charge is 0.301 e. The van der Waals surface area contributed by atoms with Gasteiger partial charge in [0, 0.05) is 11.3 Å². The maximum atomic E-state index is 13.7. The number of thioether (sulfide) groups is 1. The quantitative estimate of drug-likeness (QED) is 0.0414. The Labute approximate surface area is 272 Å². The molecule has 0 spiro atoms. The summed E-state index contributed by atoms with van der Waals surface area (Å²) in [5, 5.41) is 20.6. The van der Waals surface area contributed by atoms with Crippen LogP contribution in [0.2, 0.25) is 0 Å². The Morgan fingerprint density at radius 2 is 1.71 bits per heavy atom. The van der Waals surface area contributed by atoms with Crippen molar-refractivity contribution in [2.45, 2.75) is 63.1 Å². The molecule has 0 radical (unpaired) electrons. The van der Waals surface area contributed by atoms with Crippen molar-refractivity contribution >= 4 is 45.7 Å². The van der Waals surface area contributed by atoms with Crippen LogP contribution in [-0.4, -0.2) is 40.7 Å². The molecule has 10 heteroatoms. The Bertz CT molecular complexity index is 1730. The van der Waals surface area contributed by atoms with E-state index in [1.165, 1.54) is 33.6 Å². The van der Waals surface area contributed by atoms with E-state index >= 15 is 0 Å². The molecule has 45 heavy (non-hydrogen) atoms. The molecule has 1 unspecified atom stereocenters. The van der Waals surface area contributed by atoms with Crippen LogP contribution in [0.3, 0.4) is 0 Å². The molecular formula is C35H37N3O5S2. The van der Waals surface area contributed by atoms with E-state index in [0.29, 0.717) is 39.3 Å². The molecule has 1 saturated heterocycles. The second kappa shape index (κ2) is 14.3. The van der Waals surface area contributed by atoms with Gasteiger partial charge in [-0.15, -0.1) is 10.2 Å². The predicted molar refractivity (Wildman–Crippen MR) is 179 cm³/mol. The molecule has 8 nitrogen and oxygen atoms in total. The Morgan fingerprint density at radius 1 is 0.956 bits per heavy atom. The van der Waals surface area contributed by atoms with Gasteiger partial charge in [-0.25, -0.2) is 0 Å². The maximum Gasteiger partial charge on any atom is 0.301 e. The van der Waals surface area contributed by atoms with Crippen molar-refractivity contribution in [3.8, 4) is 11.5 Å². The second-order valence-electron chi connectivity index (χ2n) is 11.1. The van der Waals surface area contributed by atoms with Crippen molar-refractivity contribution in [3.05, 3.63) is 99.6 Å². The standard InChI is InChI=1S/C35H37N3O5S2/c1-6-7-8-17-43-27-16-15-25(19-28(27)42-5)30-29(31(39)26-18-22(3)9-12-23(26)4)32(40)33(41)38(30)34-36-37-35(45-34)44-20-24-13-10-21(2)11-14-24/h9-16,18-19,30,39H,6-8,17,20H2,1-5H3/b31-29+. The van der Waals surface area contributed by atoms with Crippen molar-refractivity contribution in [2.75, 3.05) is 18.6 Å². The van der Waals surface area contributed by atoms with E-state index in [9.17, 15) is 14.7 Å². The number of hydrogen-bond donors (Lipinski definition) is 1. The number of unbranched alkanes of at least 4 members (excludes halogenated alkanes) is 2. The van der Waals surface area contributed by atoms with Gasteiger partial charge in [0.2, 0.25) is 5.13 Å². The van der Waals surface area contributed by atoms with Crippen LogP contribution in [0.15, 0.2) is 70.6 Å². The third kappa shape index (κ3) is 7.07. The van der Waals surface area contributed by atoms with Crippen LogP contribution >= 0.6 is 23.1 Å². The third-order valence-corrected chi connectivity index (χ3v) is 9.81. The number of rotatable bonds is 12. The number of aromatic nitrogens is 2. The highest BCUT2D eigenvalue weighted by Gasteiger charge is 2.48. The minimum atomic E-state index is -0.962. The summed E-state index contributed by atoms with van der Waals surface area (Å²) < 4.78 is 12.3. The predicted octanol–water partition coefficient (Wildman–Crippen LogP) is 7.96. The molecule has 4 aromatic rings. The van der Waals surface area contributed by atoms with E-state index in [-0.39, 0.29) is 16.5 Å². The fourth-order valence-corrected chi connectivity index (χ4v) is 7.00. The van der Waals surface area contributed by atoms with Crippen molar-refractivity contribution < 1.29 is 24.2 Å². The Hall–Kier alpha value is -4.15. The maximum absolute atomic E-state index is 13.7. The van der Waals surface area contributed by atoms with Crippen LogP contribution in [0, 0.1) is 20.8 Å². The summed E-state index contributed by atoms with van der Waals surface area (Å²) in [6.07, 6.45) is 3.05. The van der Waals surface area contributed by atoms with Gasteiger partial charge in [-0.3, -0.25) is 14.5 Å². The molecule has 234 valence electrons. The fourth-order valence-electron chi connectivity index (χ4n) is 5.18. The normalized spacial score (nSPS) is 15.9. The minimum Gasteiger partial charge on any atom is -0.507 e. The van der Waals surface area contributed by atoms with Crippen LogP contribution in [0.4, 0.5) is 5.13 Å². The first-order valence-corrected chi connectivity index (χ1v) is 16.7. The number of nitrogens with zero attached hydrogens (tertiary/aromatic N) is 3. The summed E-state index contributed by atoms with van der Waals surface area (Å²) in [7, 11) is 1.55. The van der Waals surface area contributed by atoms with Gasteiger partial charge in [0.1, 0.15) is 5.76 Å². The zero-order valence-corrected chi connectivity index (χ0v) is 27.8. The molecule has 1 aliphatic rings. The zero-order valence-electron chi connectivity index (χ0n) is 26.1. The second-order valence-corrected chi connectivity index (χ2v) is 13.3. The number of anilines is 1. The number of aryl methyl sites for hydroxylation is 3. The number of ether oxygens (including phenoxy) is 2. The topological polar surface area (TPSA) is 102 Å². The number of carbonyl (C=O) groups excluding carboxylic acids is 2. The van der Waals surface area contributed by atoms with Crippen LogP contribution in [0.1, 0.15) is 65.6 Å². The van der Waals surface area contributed by atoms with Crippen LogP contribution in [-0.2, 0) is 15.3 Å². The SMILES string of the molecule is CCCCCOc1ccc(C2/C(=C(\O)c3cc(C)ccc3C)C(=O)C(=O)N2c2nnc(SCc3ccc(C)cc3)s2)cc1OC. The van der Waals surface area contributed by atoms with Gasteiger partial charge in [-0.1, -0.05) is 96.5 Å². The van der Waals surface area contributed by atoms with E-state index in [0.717, 1.165) is 36.0 Å². The largest absolute Gasteiger partial charge is 0.507 e. The number of ketones is 1. The molecule has 1 amide bonds. The molecule has 1 fully saturated rings. The number of hydrogen-bond acceptors (Lipinski definition) is 9. The van der Waals surface area contributed by atoms with Gasteiger partial charge >= 0.3 is 5.91 Å². The molecule has 3 aromatic carbocycles. The van der Waals surface area contributed by atoms with Gasteiger partial charge in [-0.2, -0.15) is 0 Å². The fraction of sp³-hybridized carbons (Fsp3) is 0.314. The highest BCUT2D eigenvalue weighted by atomic mass is 32.2. The molecule has 0 aliphatic carbocycles. The van der Waals surface area contributed by atoms with Crippen molar-refractivity contribution in [3.63, 3.8) is 0 Å². The lowest BCUT2D eigenvalue weighted by Crippen LogP contribution is -2.29. The number of aliphatic hydroxyl groups is 1. The van der Waals surface area contributed by atoms with E-state index < -0.39 is 17.7 Å². The summed E-state index contributed by atoms with van der Waals surface area (Å²) in [6.45, 7) is 8.49. The van der Waals surface area contributed by atoms with E-state index in [4.69, 9.17) is 9.47 Å². The zero-order chi connectivity index (χ0) is 32.1. The van der Waals surface area contributed by atoms with Crippen LogP contribution in [0.5, 0.6) is 11.5 Å². The van der Waals surface area contributed by atoms with Crippen LogP contribution < -0.4 is 14.4 Å². The Morgan fingerprint density at radius 3 is 2.44 bits per heavy atom. The summed E-state index contributed by atoms with van der Waals surface area (Å²) in [5.41, 5.74) is 5.07. The van der Waals surface area contributed by atoms with Crippen molar-refractivity contribution in [1.29, 1.82) is 0 Å². The number of carbonyl (C=O) groups is 2. The van der Waals surface area contributed by atoms with E-state index in [1.54, 1.807) is 25.3 Å². The average Bonchev–Trinajstić information content (AvgIpc) is 3.61. The highest BCUT2D eigenvalue weighted by Crippen LogP contribution is 2.46. The molecule has 0 saturated carbocycles. The van der Waals surface area contributed by atoms with Gasteiger partial charge < -0.3 is 14.6 Å². The lowest BCUT2D eigenvalue weighted by molar-refractivity contribution is -0.132. The van der Waals surface area contributed by atoms with E-state index in [1.807, 2.05) is 39.0 Å². The molecule has 2 heterocycles. The van der Waals surface area contributed by atoms with Crippen LogP contribution in [0.25, 0.3) is 5.76 Å². The van der Waals surface area contributed by atoms with Crippen molar-refractivity contribution in [1.82, 2.24) is 10.2 Å². The highest BCUT2D eigenvalue weighted by molar-refractivity contribution is 8.00. The molecule has 5 rings (SSSR count). The molecule has 1 aliphatic heterocycles. The number of amides is 1.